The number of nitrogens with one attached hydrogen (secondary N) is 2. The Bertz CT molecular complexity index is 745. The highest BCUT2D eigenvalue weighted by molar-refractivity contribution is 9.10. The van der Waals surface area contributed by atoms with Gasteiger partial charge in [-0.3, -0.25) is 9.20 Å². The number of pyridine rings is 1. The van der Waals surface area contributed by atoms with Gasteiger partial charge in [-0.05, 0) is 41.1 Å². The van der Waals surface area contributed by atoms with Crippen LogP contribution in [0.3, 0.4) is 0 Å². The van der Waals surface area contributed by atoms with Crippen molar-refractivity contribution in [3.63, 3.8) is 0 Å². The average molecular weight is 319 g/mol. The molecular formula is C13H11BrN4O. The number of hydrogen-bond acceptors (Lipinski definition) is 2. The number of aryl methyl sites for hydroxylation is 1. The Hall–Kier alpha value is -2.08. The van der Waals surface area contributed by atoms with E-state index in [2.05, 4.69) is 31.2 Å². The first-order valence-electron chi connectivity index (χ1n) is 5.73. The lowest BCUT2D eigenvalue weighted by molar-refractivity contribution is 0.102. The predicted octanol–water partition coefficient (Wildman–Crippen LogP) is 2.99. The lowest BCUT2D eigenvalue weighted by atomic mass is 10.3. The van der Waals surface area contributed by atoms with Gasteiger partial charge in [-0.1, -0.05) is 0 Å². The van der Waals surface area contributed by atoms with E-state index < -0.39 is 0 Å². The number of imidazole rings is 1. The van der Waals surface area contributed by atoms with E-state index in [0.717, 1.165) is 21.6 Å². The van der Waals surface area contributed by atoms with Crippen LogP contribution in [0.1, 0.15) is 16.1 Å². The molecule has 0 aliphatic carbocycles. The molecule has 0 fully saturated rings. The molecule has 0 unspecified atom stereocenters. The molecule has 3 heterocycles. The maximum atomic E-state index is 11.9. The van der Waals surface area contributed by atoms with Crippen LogP contribution in [0, 0.1) is 6.92 Å². The average Bonchev–Trinajstić information content (AvgIpc) is 3.01. The van der Waals surface area contributed by atoms with Crippen molar-refractivity contribution in [2.75, 3.05) is 5.32 Å². The molecular weight excluding hydrogens is 308 g/mol. The first-order chi connectivity index (χ1) is 9.15. The molecule has 0 radical (unpaired) electrons. The van der Waals surface area contributed by atoms with Gasteiger partial charge in [0.25, 0.3) is 5.91 Å². The molecule has 3 rings (SSSR count). The standard InChI is InChI=1S/C13H11BrN4O/c1-8-12(14)18-7-10(2-3-11(18)16-8)17-13(19)9-4-5-15-6-9/h2-7,15H,1H3,(H,17,19). The number of amides is 1. The molecule has 19 heavy (non-hydrogen) atoms. The van der Waals surface area contributed by atoms with Crippen LogP contribution >= 0.6 is 15.9 Å². The summed E-state index contributed by atoms with van der Waals surface area (Å²) in [4.78, 5) is 19.2. The molecule has 0 aromatic carbocycles. The van der Waals surface area contributed by atoms with E-state index in [1.165, 1.54) is 0 Å². The Morgan fingerprint density at radius 3 is 3.00 bits per heavy atom. The maximum Gasteiger partial charge on any atom is 0.257 e. The molecule has 0 saturated heterocycles. The smallest absolute Gasteiger partial charge is 0.257 e. The van der Waals surface area contributed by atoms with Crippen molar-refractivity contribution in [3.05, 3.63) is 52.7 Å². The summed E-state index contributed by atoms with van der Waals surface area (Å²) in [6.07, 6.45) is 5.21. The highest BCUT2D eigenvalue weighted by Crippen LogP contribution is 2.20. The normalized spacial score (nSPS) is 10.8. The van der Waals surface area contributed by atoms with Gasteiger partial charge in [0.2, 0.25) is 0 Å². The van der Waals surface area contributed by atoms with Gasteiger partial charge < -0.3 is 10.3 Å². The fraction of sp³-hybridized carbons (Fsp3) is 0.0769. The number of nitrogens with zero attached hydrogens (tertiary/aromatic N) is 2. The van der Waals surface area contributed by atoms with Crippen molar-refractivity contribution in [3.8, 4) is 0 Å². The van der Waals surface area contributed by atoms with Gasteiger partial charge in [-0.25, -0.2) is 4.98 Å². The van der Waals surface area contributed by atoms with E-state index in [9.17, 15) is 4.79 Å². The fourth-order valence-electron chi connectivity index (χ4n) is 1.88. The van der Waals surface area contributed by atoms with Gasteiger partial charge >= 0.3 is 0 Å². The minimum Gasteiger partial charge on any atom is -0.367 e. The Morgan fingerprint density at radius 2 is 2.26 bits per heavy atom. The number of H-pyrrole nitrogens is 1. The summed E-state index contributed by atoms with van der Waals surface area (Å²) in [5.74, 6) is -0.145. The molecule has 0 bridgehead atoms. The molecule has 96 valence electrons. The zero-order valence-electron chi connectivity index (χ0n) is 10.1. The predicted molar refractivity (Wildman–Crippen MR) is 76.4 cm³/mol. The van der Waals surface area contributed by atoms with E-state index in [0.29, 0.717) is 5.56 Å². The van der Waals surface area contributed by atoms with Gasteiger partial charge in [-0.2, -0.15) is 0 Å². The third-order valence-corrected chi connectivity index (χ3v) is 3.79. The molecule has 3 aromatic rings. The molecule has 0 aliphatic heterocycles. The fourth-order valence-corrected chi connectivity index (χ4v) is 2.25. The van der Waals surface area contributed by atoms with Crippen molar-refractivity contribution < 1.29 is 4.79 Å². The molecule has 0 saturated carbocycles. The maximum absolute atomic E-state index is 11.9. The zero-order chi connectivity index (χ0) is 13.4. The summed E-state index contributed by atoms with van der Waals surface area (Å²) in [5.41, 5.74) is 3.07. The minimum absolute atomic E-state index is 0.145. The number of halogens is 1. The van der Waals surface area contributed by atoms with Crippen LogP contribution in [0.15, 0.2) is 41.4 Å². The molecule has 0 atom stereocenters. The number of hydrogen-bond donors (Lipinski definition) is 2. The number of rotatable bonds is 2. The second-order valence-corrected chi connectivity index (χ2v) is 4.94. The van der Waals surface area contributed by atoms with Gasteiger partial charge in [0.15, 0.2) is 0 Å². The summed E-state index contributed by atoms with van der Waals surface area (Å²) in [5, 5.41) is 2.84. The first-order valence-corrected chi connectivity index (χ1v) is 6.53. The lowest BCUT2D eigenvalue weighted by Crippen LogP contribution is -2.11. The van der Waals surface area contributed by atoms with E-state index in [-0.39, 0.29) is 5.91 Å². The second-order valence-electron chi connectivity index (χ2n) is 4.19. The third kappa shape index (κ3) is 2.15. The van der Waals surface area contributed by atoms with E-state index in [1.54, 1.807) is 18.5 Å². The van der Waals surface area contributed by atoms with E-state index in [4.69, 9.17) is 0 Å². The Morgan fingerprint density at radius 1 is 1.42 bits per heavy atom. The quantitative estimate of drug-likeness (QED) is 0.763. The molecule has 1 amide bonds. The van der Waals surface area contributed by atoms with Gasteiger partial charge in [-0.15, -0.1) is 0 Å². The Kier molecular flexibility index (Phi) is 2.87. The van der Waals surface area contributed by atoms with Crippen molar-refractivity contribution in [1.82, 2.24) is 14.4 Å². The van der Waals surface area contributed by atoms with Crippen molar-refractivity contribution >= 4 is 33.2 Å². The highest BCUT2D eigenvalue weighted by atomic mass is 79.9. The van der Waals surface area contributed by atoms with E-state index >= 15 is 0 Å². The molecule has 0 aliphatic rings. The van der Waals surface area contributed by atoms with Crippen LogP contribution in [-0.2, 0) is 0 Å². The summed E-state index contributed by atoms with van der Waals surface area (Å²) < 4.78 is 2.78. The van der Waals surface area contributed by atoms with Crippen LogP contribution in [0.5, 0.6) is 0 Å². The zero-order valence-corrected chi connectivity index (χ0v) is 11.7. The number of fused-ring (bicyclic) bond motifs is 1. The highest BCUT2D eigenvalue weighted by Gasteiger charge is 2.09. The Labute approximate surface area is 117 Å². The van der Waals surface area contributed by atoms with Crippen molar-refractivity contribution in [2.24, 2.45) is 0 Å². The number of aromatic nitrogens is 3. The third-order valence-electron chi connectivity index (χ3n) is 2.84. The van der Waals surface area contributed by atoms with Crippen LogP contribution in [0.25, 0.3) is 5.65 Å². The summed E-state index contributed by atoms with van der Waals surface area (Å²) in [7, 11) is 0. The molecule has 0 spiro atoms. The SMILES string of the molecule is Cc1nc2ccc(NC(=O)c3cc[nH]c3)cn2c1Br. The summed E-state index contributed by atoms with van der Waals surface area (Å²) >= 11 is 3.47. The number of aromatic amines is 1. The second kappa shape index (κ2) is 4.55. The molecule has 6 heteroatoms. The van der Waals surface area contributed by atoms with Crippen LogP contribution in [0.4, 0.5) is 5.69 Å². The number of anilines is 1. The van der Waals surface area contributed by atoms with Crippen LogP contribution in [0.2, 0.25) is 0 Å². The van der Waals surface area contributed by atoms with Gasteiger partial charge in [0.05, 0.1) is 16.9 Å². The van der Waals surface area contributed by atoms with Gasteiger partial charge in [0, 0.05) is 18.6 Å². The van der Waals surface area contributed by atoms with Crippen molar-refractivity contribution in [1.29, 1.82) is 0 Å². The monoisotopic (exact) mass is 318 g/mol. The summed E-state index contributed by atoms with van der Waals surface area (Å²) in [6, 6.07) is 5.43. The Balaban J connectivity index is 1.93. The minimum atomic E-state index is -0.145. The van der Waals surface area contributed by atoms with E-state index in [1.807, 2.05) is 29.7 Å². The molecule has 5 nitrogen and oxygen atoms in total. The largest absolute Gasteiger partial charge is 0.367 e. The lowest BCUT2D eigenvalue weighted by Gasteiger charge is -2.04. The molecule has 3 aromatic heterocycles. The number of carbonyl (C=O) groups excluding carboxylic acids is 1. The first kappa shape index (κ1) is 12.0. The van der Waals surface area contributed by atoms with Crippen molar-refractivity contribution in [2.45, 2.75) is 6.92 Å². The molecule has 2 N–H and O–H groups in total. The van der Waals surface area contributed by atoms with Crippen LogP contribution < -0.4 is 5.32 Å². The number of carbonyl (C=O) groups is 1. The van der Waals surface area contributed by atoms with Crippen LogP contribution in [-0.4, -0.2) is 20.3 Å². The van der Waals surface area contributed by atoms with Gasteiger partial charge in [0.1, 0.15) is 10.3 Å². The summed E-state index contributed by atoms with van der Waals surface area (Å²) in [6.45, 7) is 1.93. The topological polar surface area (TPSA) is 62.2 Å².